The van der Waals surface area contributed by atoms with Gasteiger partial charge in [-0.2, -0.15) is 0 Å². The number of hydrogen-bond donors (Lipinski definition) is 1. The van der Waals surface area contributed by atoms with Gasteiger partial charge in [0.25, 0.3) is 0 Å². The van der Waals surface area contributed by atoms with E-state index < -0.39 is 5.41 Å². The summed E-state index contributed by atoms with van der Waals surface area (Å²) >= 11 is 0. The number of carbonyl (C=O) groups is 2. The molecule has 32 heavy (non-hydrogen) atoms. The van der Waals surface area contributed by atoms with Crippen molar-refractivity contribution < 1.29 is 9.59 Å². The van der Waals surface area contributed by atoms with Crippen LogP contribution in [0.15, 0.2) is 79.0 Å². The van der Waals surface area contributed by atoms with Crippen LogP contribution in [0.4, 0.5) is 0 Å². The highest BCUT2D eigenvalue weighted by Crippen LogP contribution is 2.40. The number of pyridine rings is 1. The van der Waals surface area contributed by atoms with Crippen molar-refractivity contribution in [2.45, 2.75) is 44.7 Å². The van der Waals surface area contributed by atoms with Gasteiger partial charge in [-0.15, -0.1) is 0 Å². The second-order valence-electron chi connectivity index (χ2n) is 8.50. The molecule has 5 heteroatoms. The summed E-state index contributed by atoms with van der Waals surface area (Å²) in [5.74, 6) is 0.0222. The molecule has 0 spiro atoms. The molecule has 2 amide bonds. The molecule has 1 unspecified atom stereocenters. The maximum absolute atomic E-state index is 14.2. The molecule has 4 rings (SSSR count). The second-order valence-corrected chi connectivity index (χ2v) is 8.50. The Balaban J connectivity index is 1.69. The average Bonchev–Trinajstić information content (AvgIpc) is 3.33. The van der Waals surface area contributed by atoms with Gasteiger partial charge in [0.1, 0.15) is 0 Å². The Bertz CT molecular complexity index is 1040. The molecule has 0 bridgehead atoms. The molecule has 164 valence electrons. The molecule has 2 heterocycles. The van der Waals surface area contributed by atoms with Gasteiger partial charge in [0.05, 0.1) is 23.7 Å². The number of hydrogen-bond acceptors (Lipinski definition) is 3. The predicted octanol–water partition coefficient (Wildman–Crippen LogP) is 4.39. The third-order valence-electron chi connectivity index (χ3n) is 6.39. The first-order valence-corrected chi connectivity index (χ1v) is 11.1. The topological polar surface area (TPSA) is 62.3 Å². The zero-order valence-corrected chi connectivity index (χ0v) is 18.6. The minimum Gasteiger partial charge on any atom is -0.351 e. The van der Waals surface area contributed by atoms with Crippen molar-refractivity contribution in [2.75, 3.05) is 6.54 Å². The van der Waals surface area contributed by atoms with E-state index in [-0.39, 0.29) is 17.9 Å². The Hall–Kier alpha value is -3.47. The van der Waals surface area contributed by atoms with Crippen molar-refractivity contribution in [3.63, 3.8) is 0 Å². The molecule has 1 atom stereocenters. The number of amides is 2. The van der Waals surface area contributed by atoms with Crippen LogP contribution in [-0.2, 0) is 21.5 Å². The van der Waals surface area contributed by atoms with E-state index in [1.165, 1.54) is 6.92 Å². The molecule has 5 nitrogen and oxygen atoms in total. The first-order valence-electron chi connectivity index (χ1n) is 11.1. The summed E-state index contributed by atoms with van der Waals surface area (Å²) in [6.45, 7) is 4.64. The van der Waals surface area contributed by atoms with Crippen LogP contribution in [0.25, 0.3) is 0 Å². The highest BCUT2D eigenvalue weighted by molar-refractivity contribution is 5.92. The van der Waals surface area contributed by atoms with E-state index in [0.717, 1.165) is 41.8 Å². The van der Waals surface area contributed by atoms with Gasteiger partial charge in [-0.05, 0) is 48.6 Å². The molecule has 3 aromatic rings. The van der Waals surface area contributed by atoms with Crippen molar-refractivity contribution in [2.24, 2.45) is 0 Å². The molecule has 1 aliphatic heterocycles. The van der Waals surface area contributed by atoms with E-state index in [1.54, 1.807) is 6.20 Å². The van der Waals surface area contributed by atoms with Crippen molar-refractivity contribution in [1.29, 1.82) is 0 Å². The summed E-state index contributed by atoms with van der Waals surface area (Å²) < 4.78 is 0. The molecule has 1 aliphatic rings. The van der Waals surface area contributed by atoms with Gasteiger partial charge in [0, 0.05) is 19.7 Å². The minimum atomic E-state index is -0.781. The Morgan fingerprint density at radius 1 is 1.03 bits per heavy atom. The largest absolute Gasteiger partial charge is 0.351 e. The van der Waals surface area contributed by atoms with Crippen LogP contribution in [0.5, 0.6) is 0 Å². The van der Waals surface area contributed by atoms with E-state index in [0.29, 0.717) is 6.54 Å². The molecule has 1 aromatic heterocycles. The lowest BCUT2D eigenvalue weighted by atomic mass is 9.74. The van der Waals surface area contributed by atoms with Crippen LogP contribution in [0.1, 0.15) is 55.1 Å². The van der Waals surface area contributed by atoms with Crippen LogP contribution < -0.4 is 5.32 Å². The van der Waals surface area contributed by atoms with E-state index in [4.69, 9.17) is 0 Å². The first kappa shape index (κ1) is 21.8. The number of rotatable bonds is 6. The minimum absolute atomic E-state index is 0.00618. The SMILES string of the molecule is CC(=O)NCc1cc(C2CCCN2C(=O)C(C)(c2ccccc2)c2ccccc2)ccn1. The predicted molar refractivity (Wildman–Crippen MR) is 125 cm³/mol. The fourth-order valence-electron chi connectivity index (χ4n) is 4.62. The zero-order valence-electron chi connectivity index (χ0n) is 18.6. The maximum atomic E-state index is 14.2. The molecule has 0 saturated carbocycles. The van der Waals surface area contributed by atoms with Crippen molar-refractivity contribution in [3.8, 4) is 0 Å². The third-order valence-corrected chi connectivity index (χ3v) is 6.39. The quantitative estimate of drug-likeness (QED) is 0.635. The van der Waals surface area contributed by atoms with Gasteiger partial charge in [0.15, 0.2) is 0 Å². The van der Waals surface area contributed by atoms with E-state index in [2.05, 4.69) is 10.3 Å². The van der Waals surface area contributed by atoms with Gasteiger partial charge >= 0.3 is 0 Å². The summed E-state index contributed by atoms with van der Waals surface area (Å²) in [5, 5.41) is 2.80. The van der Waals surface area contributed by atoms with E-state index >= 15 is 0 Å². The lowest BCUT2D eigenvalue weighted by Gasteiger charge is -2.36. The molecule has 0 aliphatic carbocycles. The number of likely N-dealkylation sites (tertiary alicyclic amines) is 1. The zero-order chi connectivity index (χ0) is 22.6. The number of nitrogens with zero attached hydrogens (tertiary/aromatic N) is 2. The smallest absolute Gasteiger partial charge is 0.237 e. The molecule has 1 N–H and O–H groups in total. The van der Waals surface area contributed by atoms with Gasteiger partial charge < -0.3 is 10.2 Å². The maximum Gasteiger partial charge on any atom is 0.237 e. The Morgan fingerprint density at radius 3 is 2.25 bits per heavy atom. The van der Waals surface area contributed by atoms with Gasteiger partial charge in [-0.25, -0.2) is 0 Å². The number of carbonyl (C=O) groups excluding carboxylic acids is 2. The third kappa shape index (κ3) is 4.28. The Labute approximate surface area is 189 Å². The molecule has 1 saturated heterocycles. The van der Waals surface area contributed by atoms with Crippen LogP contribution >= 0.6 is 0 Å². The van der Waals surface area contributed by atoms with E-state index in [9.17, 15) is 9.59 Å². The Morgan fingerprint density at radius 2 is 1.66 bits per heavy atom. The standard InChI is InChI=1S/C27H29N3O2/c1-20(31)29-19-24-18-21(15-16-28-24)25-14-9-17-30(25)26(32)27(2,22-10-5-3-6-11-22)23-12-7-4-8-13-23/h3-8,10-13,15-16,18,25H,9,14,17,19H2,1-2H3,(H,29,31). The fourth-order valence-corrected chi connectivity index (χ4v) is 4.62. The molecule has 1 fully saturated rings. The molecule has 2 aromatic carbocycles. The van der Waals surface area contributed by atoms with Crippen LogP contribution in [-0.4, -0.2) is 28.2 Å². The van der Waals surface area contributed by atoms with Crippen molar-refractivity contribution in [1.82, 2.24) is 15.2 Å². The summed E-state index contributed by atoms with van der Waals surface area (Å²) in [6.07, 6.45) is 3.63. The fraction of sp³-hybridized carbons (Fsp3) is 0.296. The van der Waals surface area contributed by atoms with Crippen molar-refractivity contribution >= 4 is 11.8 Å². The number of aromatic nitrogens is 1. The summed E-state index contributed by atoms with van der Waals surface area (Å²) in [7, 11) is 0. The lowest BCUT2D eigenvalue weighted by Crippen LogP contribution is -2.45. The number of nitrogens with one attached hydrogen (secondary N) is 1. The van der Waals surface area contributed by atoms with E-state index in [1.807, 2.05) is 84.6 Å². The summed E-state index contributed by atoms with van der Waals surface area (Å²) in [5.41, 5.74) is 3.06. The number of benzene rings is 2. The highest BCUT2D eigenvalue weighted by Gasteiger charge is 2.43. The van der Waals surface area contributed by atoms with Crippen LogP contribution in [0, 0.1) is 0 Å². The Kier molecular flexibility index (Phi) is 6.35. The normalized spacial score (nSPS) is 16.1. The lowest BCUT2D eigenvalue weighted by molar-refractivity contribution is -0.136. The summed E-state index contributed by atoms with van der Waals surface area (Å²) in [6, 6.07) is 24.0. The van der Waals surface area contributed by atoms with Gasteiger partial charge in [0.2, 0.25) is 11.8 Å². The van der Waals surface area contributed by atoms with Gasteiger partial charge in [-0.1, -0.05) is 60.7 Å². The van der Waals surface area contributed by atoms with Crippen LogP contribution in [0.3, 0.4) is 0 Å². The van der Waals surface area contributed by atoms with Crippen molar-refractivity contribution in [3.05, 3.63) is 101 Å². The average molecular weight is 428 g/mol. The van der Waals surface area contributed by atoms with Gasteiger partial charge in [-0.3, -0.25) is 14.6 Å². The molecular weight excluding hydrogens is 398 g/mol. The first-order chi connectivity index (χ1) is 15.5. The monoisotopic (exact) mass is 427 g/mol. The molecular formula is C27H29N3O2. The second kappa shape index (κ2) is 9.35. The highest BCUT2D eigenvalue weighted by atomic mass is 16.2. The van der Waals surface area contributed by atoms with Crippen LogP contribution in [0.2, 0.25) is 0 Å². The summed E-state index contributed by atoms with van der Waals surface area (Å²) in [4.78, 5) is 31.9. The molecule has 0 radical (unpaired) electrons.